The van der Waals surface area contributed by atoms with Crippen LogP contribution in [0.2, 0.25) is 0 Å². The number of ether oxygens (including phenoxy) is 1. The molecule has 0 unspecified atom stereocenters. The minimum absolute atomic E-state index is 0.0441. The van der Waals surface area contributed by atoms with Crippen molar-refractivity contribution < 1.29 is 28.0 Å². The maximum absolute atomic E-state index is 13.7. The number of methoxy groups -OCH3 is 1. The van der Waals surface area contributed by atoms with E-state index in [9.17, 15) is 14.4 Å². The van der Waals surface area contributed by atoms with Gasteiger partial charge in [-0.25, -0.2) is 0 Å². The normalized spacial score (nSPS) is 14.6. The second-order valence-corrected chi connectivity index (χ2v) is 8.78. The van der Waals surface area contributed by atoms with Crippen molar-refractivity contribution in [2.75, 3.05) is 13.7 Å². The van der Waals surface area contributed by atoms with Crippen LogP contribution in [0.5, 0.6) is 5.75 Å². The summed E-state index contributed by atoms with van der Waals surface area (Å²) >= 11 is 0. The average Bonchev–Trinajstić information content (AvgIpc) is 3.62. The van der Waals surface area contributed by atoms with Crippen molar-refractivity contribution in [1.82, 2.24) is 15.5 Å². The van der Waals surface area contributed by atoms with E-state index in [2.05, 4.69) is 10.6 Å². The van der Waals surface area contributed by atoms with E-state index in [1.807, 2.05) is 0 Å². The average molecular weight is 494 g/mol. The van der Waals surface area contributed by atoms with Crippen LogP contribution in [0.25, 0.3) is 0 Å². The molecule has 2 aromatic heterocycles. The highest BCUT2D eigenvalue weighted by Crippen LogP contribution is 2.28. The molecule has 0 spiro atoms. The van der Waals surface area contributed by atoms with Gasteiger partial charge < -0.3 is 29.1 Å². The SMILES string of the molecule is COc1cccc([C@@H](C(=O)NC2CCCCC2)N(Cc2ccco2)C(=O)CNC(=O)c2ccco2)c1. The number of nitrogens with zero attached hydrogens (tertiary/aromatic N) is 1. The van der Waals surface area contributed by atoms with Crippen LogP contribution in [0.1, 0.15) is 60.0 Å². The van der Waals surface area contributed by atoms with Crippen molar-refractivity contribution in [2.24, 2.45) is 0 Å². The Kier molecular flexibility index (Phi) is 8.44. The number of hydrogen-bond donors (Lipinski definition) is 2. The number of furan rings is 2. The molecular weight excluding hydrogens is 462 g/mol. The number of carbonyl (C=O) groups is 3. The first-order valence-electron chi connectivity index (χ1n) is 12.1. The zero-order valence-electron chi connectivity index (χ0n) is 20.3. The van der Waals surface area contributed by atoms with Crippen LogP contribution in [0.4, 0.5) is 0 Å². The molecule has 190 valence electrons. The molecule has 0 radical (unpaired) electrons. The van der Waals surface area contributed by atoms with Gasteiger partial charge in [0.1, 0.15) is 17.6 Å². The van der Waals surface area contributed by atoms with E-state index in [0.717, 1.165) is 32.1 Å². The summed E-state index contributed by atoms with van der Waals surface area (Å²) in [6.07, 6.45) is 7.98. The molecular formula is C27H31N3O6. The topological polar surface area (TPSA) is 114 Å². The summed E-state index contributed by atoms with van der Waals surface area (Å²) in [6.45, 7) is -0.278. The molecule has 9 nitrogen and oxygen atoms in total. The summed E-state index contributed by atoms with van der Waals surface area (Å²) in [5, 5.41) is 5.73. The number of amides is 3. The fourth-order valence-corrected chi connectivity index (χ4v) is 4.46. The van der Waals surface area contributed by atoms with Crippen LogP contribution in [-0.4, -0.2) is 42.3 Å². The van der Waals surface area contributed by atoms with Gasteiger partial charge in [0.05, 0.1) is 32.7 Å². The third-order valence-corrected chi connectivity index (χ3v) is 6.29. The Morgan fingerprint density at radius 3 is 2.50 bits per heavy atom. The predicted molar refractivity (Wildman–Crippen MR) is 131 cm³/mol. The molecule has 1 aliphatic rings. The lowest BCUT2D eigenvalue weighted by molar-refractivity contribution is -0.141. The van der Waals surface area contributed by atoms with E-state index in [4.69, 9.17) is 13.6 Å². The summed E-state index contributed by atoms with van der Waals surface area (Å²) < 4.78 is 16.0. The van der Waals surface area contributed by atoms with Crippen LogP contribution >= 0.6 is 0 Å². The highest BCUT2D eigenvalue weighted by Gasteiger charge is 2.34. The first-order chi connectivity index (χ1) is 17.5. The van der Waals surface area contributed by atoms with Gasteiger partial charge in [-0.05, 0) is 54.8 Å². The lowest BCUT2D eigenvalue weighted by Gasteiger charge is -2.33. The Bertz CT molecular complexity index is 1140. The molecule has 1 aromatic carbocycles. The number of rotatable bonds is 10. The quantitative estimate of drug-likeness (QED) is 0.444. The van der Waals surface area contributed by atoms with E-state index in [1.54, 1.807) is 49.6 Å². The Balaban J connectivity index is 1.62. The summed E-state index contributed by atoms with van der Waals surface area (Å²) in [4.78, 5) is 41.1. The zero-order chi connectivity index (χ0) is 25.3. The Morgan fingerprint density at radius 2 is 1.81 bits per heavy atom. The van der Waals surface area contributed by atoms with Crippen molar-refractivity contribution in [1.29, 1.82) is 0 Å². The maximum atomic E-state index is 13.7. The molecule has 9 heteroatoms. The number of hydrogen-bond acceptors (Lipinski definition) is 6. The van der Waals surface area contributed by atoms with Crippen LogP contribution in [0.15, 0.2) is 69.9 Å². The number of carbonyl (C=O) groups excluding carboxylic acids is 3. The van der Waals surface area contributed by atoms with Crippen molar-refractivity contribution in [3.8, 4) is 5.75 Å². The lowest BCUT2D eigenvalue weighted by atomic mass is 9.94. The van der Waals surface area contributed by atoms with E-state index in [1.165, 1.54) is 23.5 Å². The molecule has 0 aliphatic heterocycles. The molecule has 2 N–H and O–H groups in total. The van der Waals surface area contributed by atoms with Crippen LogP contribution in [0, 0.1) is 0 Å². The number of benzene rings is 1. The smallest absolute Gasteiger partial charge is 0.287 e. The van der Waals surface area contributed by atoms with Crippen molar-refractivity contribution >= 4 is 17.7 Å². The van der Waals surface area contributed by atoms with Gasteiger partial charge in [-0.2, -0.15) is 0 Å². The molecule has 1 atom stereocenters. The van der Waals surface area contributed by atoms with Crippen molar-refractivity contribution in [3.05, 3.63) is 78.1 Å². The largest absolute Gasteiger partial charge is 0.497 e. The molecule has 1 aliphatic carbocycles. The second-order valence-electron chi connectivity index (χ2n) is 8.78. The van der Waals surface area contributed by atoms with E-state index in [0.29, 0.717) is 17.1 Å². The summed E-state index contributed by atoms with van der Waals surface area (Å²) in [5.74, 6) is -0.0699. The molecule has 2 heterocycles. The zero-order valence-corrected chi connectivity index (χ0v) is 20.3. The Hall–Kier alpha value is -4.01. The lowest BCUT2D eigenvalue weighted by Crippen LogP contribution is -2.49. The highest BCUT2D eigenvalue weighted by molar-refractivity contribution is 5.95. The number of nitrogens with one attached hydrogen (secondary N) is 2. The van der Waals surface area contributed by atoms with Gasteiger partial charge in [0.15, 0.2) is 5.76 Å². The molecule has 4 rings (SSSR count). The standard InChI is InChI=1S/C27H31N3O6/c1-34-21-11-5-8-19(16-21)25(27(33)29-20-9-3-2-4-10-20)30(18-22-12-6-14-35-22)24(31)17-28-26(32)23-13-7-15-36-23/h5-8,11-16,20,25H,2-4,9-10,17-18H2,1H3,(H,28,32)(H,29,33)/t25-/m0/s1. The van der Waals surface area contributed by atoms with Gasteiger partial charge in [-0.3, -0.25) is 14.4 Å². The van der Waals surface area contributed by atoms with Crippen LogP contribution in [-0.2, 0) is 16.1 Å². The van der Waals surface area contributed by atoms with E-state index in [-0.39, 0.29) is 30.8 Å². The minimum Gasteiger partial charge on any atom is -0.497 e. The maximum Gasteiger partial charge on any atom is 0.287 e. The fourth-order valence-electron chi connectivity index (χ4n) is 4.46. The van der Waals surface area contributed by atoms with Gasteiger partial charge >= 0.3 is 0 Å². The monoisotopic (exact) mass is 493 g/mol. The van der Waals surface area contributed by atoms with E-state index >= 15 is 0 Å². The van der Waals surface area contributed by atoms with Gasteiger partial charge in [-0.15, -0.1) is 0 Å². The third-order valence-electron chi connectivity index (χ3n) is 6.29. The molecule has 1 fully saturated rings. The summed E-state index contributed by atoms with van der Waals surface area (Å²) in [7, 11) is 1.55. The van der Waals surface area contributed by atoms with Gasteiger partial charge in [0.2, 0.25) is 11.8 Å². The van der Waals surface area contributed by atoms with Crippen molar-refractivity contribution in [3.63, 3.8) is 0 Å². The van der Waals surface area contributed by atoms with Gasteiger partial charge in [0, 0.05) is 6.04 Å². The highest BCUT2D eigenvalue weighted by atomic mass is 16.5. The van der Waals surface area contributed by atoms with E-state index < -0.39 is 17.9 Å². The molecule has 3 amide bonds. The Labute approximate surface area is 209 Å². The second kappa shape index (κ2) is 12.1. The van der Waals surface area contributed by atoms with Crippen LogP contribution < -0.4 is 15.4 Å². The molecule has 3 aromatic rings. The summed E-state index contributed by atoms with van der Waals surface area (Å²) in [5.41, 5.74) is 0.597. The summed E-state index contributed by atoms with van der Waals surface area (Å²) in [6, 6.07) is 12.8. The van der Waals surface area contributed by atoms with Crippen molar-refractivity contribution in [2.45, 2.75) is 50.7 Å². The third kappa shape index (κ3) is 6.35. The molecule has 0 saturated heterocycles. The molecule has 0 bridgehead atoms. The van der Waals surface area contributed by atoms with Gasteiger partial charge in [-0.1, -0.05) is 31.4 Å². The predicted octanol–water partition coefficient (Wildman–Crippen LogP) is 3.83. The first kappa shape index (κ1) is 25.1. The fraction of sp³-hybridized carbons (Fsp3) is 0.370. The molecule has 36 heavy (non-hydrogen) atoms. The minimum atomic E-state index is -0.958. The Morgan fingerprint density at radius 1 is 1.03 bits per heavy atom. The van der Waals surface area contributed by atoms with Gasteiger partial charge in [0.25, 0.3) is 5.91 Å². The van der Waals surface area contributed by atoms with Crippen LogP contribution in [0.3, 0.4) is 0 Å². The molecule has 1 saturated carbocycles. The first-order valence-corrected chi connectivity index (χ1v) is 12.1.